The lowest BCUT2D eigenvalue weighted by molar-refractivity contribution is 0.628. The molecule has 0 aliphatic carbocycles. The Morgan fingerprint density at radius 2 is 1.91 bits per heavy atom. The molecule has 0 aliphatic rings. The molecular formula is C17H9FN4S. The van der Waals surface area contributed by atoms with Gasteiger partial charge in [0.2, 0.25) is 0 Å². The molecule has 0 amide bonds. The summed E-state index contributed by atoms with van der Waals surface area (Å²) in [5, 5.41) is 15.8. The third-order valence-corrected chi connectivity index (χ3v) is 4.37. The minimum absolute atomic E-state index is 0.311. The van der Waals surface area contributed by atoms with Crippen LogP contribution in [0.15, 0.2) is 53.9 Å². The fourth-order valence-corrected chi connectivity index (χ4v) is 3.12. The van der Waals surface area contributed by atoms with Crippen LogP contribution < -0.4 is 0 Å². The van der Waals surface area contributed by atoms with E-state index in [0.717, 1.165) is 10.6 Å². The summed E-state index contributed by atoms with van der Waals surface area (Å²) in [7, 11) is 0. The second-order valence-corrected chi connectivity index (χ2v) is 5.85. The largest absolute Gasteiger partial charge is 0.210 e. The first kappa shape index (κ1) is 13.6. The number of fused-ring (bicyclic) bond motifs is 1. The maximum atomic E-state index is 13.1. The van der Waals surface area contributed by atoms with Gasteiger partial charge in [0.05, 0.1) is 16.1 Å². The summed E-state index contributed by atoms with van der Waals surface area (Å²) in [4.78, 5) is 5.50. The fraction of sp³-hybridized carbons (Fsp3) is 0. The van der Waals surface area contributed by atoms with Crippen LogP contribution in [0, 0.1) is 17.1 Å². The minimum atomic E-state index is -0.311. The fourth-order valence-electron chi connectivity index (χ4n) is 2.38. The van der Waals surface area contributed by atoms with Gasteiger partial charge >= 0.3 is 0 Å². The summed E-state index contributed by atoms with van der Waals surface area (Å²) >= 11 is 1.59. The minimum Gasteiger partial charge on any atom is -0.210 e. The Labute approximate surface area is 135 Å². The topological polar surface area (TPSA) is 54.0 Å². The Kier molecular flexibility index (Phi) is 3.14. The van der Waals surface area contributed by atoms with Crippen molar-refractivity contribution in [2.24, 2.45) is 0 Å². The highest BCUT2D eigenvalue weighted by molar-refractivity contribution is 7.13. The van der Waals surface area contributed by atoms with Crippen molar-refractivity contribution in [2.75, 3.05) is 0 Å². The van der Waals surface area contributed by atoms with Crippen LogP contribution in [0.2, 0.25) is 0 Å². The molecule has 3 aromatic heterocycles. The van der Waals surface area contributed by atoms with E-state index < -0.39 is 0 Å². The van der Waals surface area contributed by atoms with E-state index in [-0.39, 0.29) is 5.82 Å². The number of hydrogen-bond acceptors (Lipinski definition) is 4. The van der Waals surface area contributed by atoms with Crippen LogP contribution in [-0.4, -0.2) is 14.6 Å². The van der Waals surface area contributed by atoms with Gasteiger partial charge in [-0.3, -0.25) is 0 Å². The zero-order valence-corrected chi connectivity index (χ0v) is 12.6. The number of pyridine rings is 1. The lowest BCUT2D eigenvalue weighted by atomic mass is 10.2. The van der Waals surface area contributed by atoms with E-state index in [2.05, 4.69) is 16.2 Å². The average molecular weight is 320 g/mol. The molecule has 3 heterocycles. The number of nitriles is 1. The molecule has 0 unspecified atom stereocenters. The number of hydrogen-bond donors (Lipinski definition) is 0. The SMILES string of the molecule is N#Cc1ccc(-c2cccs2)n2nc(-c3ccc(F)cc3)nc12. The first-order valence-electron chi connectivity index (χ1n) is 6.86. The summed E-state index contributed by atoms with van der Waals surface area (Å²) in [5.74, 6) is 0.153. The molecule has 0 fully saturated rings. The maximum Gasteiger partial charge on any atom is 0.182 e. The normalized spacial score (nSPS) is 10.8. The van der Waals surface area contributed by atoms with Gasteiger partial charge in [0.15, 0.2) is 11.5 Å². The van der Waals surface area contributed by atoms with Gasteiger partial charge in [-0.05, 0) is 47.8 Å². The second kappa shape index (κ2) is 5.30. The first-order valence-corrected chi connectivity index (χ1v) is 7.74. The number of aromatic nitrogens is 3. The molecule has 0 radical (unpaired) electrons. The lowest BCUT2D eigenvalue weighted by Crippen LogP contribution is -1.95. The van der Waals surface area contributed by atoms with E-state index in [0.29, 0.717) is 22.6 Å². The first-order chi connectivity index (χ1) is 11.3. The van der Waals surface area contributed by atoms with Crippen LogP contribution in [0.3, 0.4) is 0 Å². The average Bonchev–Trinajstić information content (AvgIpc) is 3.24. The van der Waals surface area contributed by atoms with E-state index in [1.165, 1.54) is 12.1 Å². The molecule has 0 bridgehead atoms. The second-order valence-electron chi connectivity index (χ2n) is 4.90. The maximum absolute atomic E-state index is 13.1. The van der Waals surface area contributed by atoms with E-state index in [9.17, 15) is 9.65 Å². The van der Waals surface area contributed by atoms with E-state index in [1.807, 2.05) is 23.6 Å². The third kappa shape index (κ3) is 2.28. The Balaban J connectivity index is 1.98. The monoisotopic (exact) mass is 320 g/mol. The summed E-state index contributed by atoms with van der Waals surface area (Å²) in [6, 6.07) is 15.7. The smallest absolute Gasteiger partial charge is 0.182 e. The van der Waals surface area contributed by atoms with Crippen molar-refractivity contribution < 1.29 is 4.39 Å². The van der Waals surface area contributed by atoms with Crippen molar-refractivity contribution in [3.8, 4) is 28.0 Å². The Morgan fingerprint density at radius 1 is 1.09 bits per heavy atom. The molecule has 4 nitrogen and oxygen atoms in total. The predicted octanol–water partition coefficient (Wildman–Crippen LogP) is 4.14. The van der Waals surface area contributed by atoms with E-state index >= 15 is 0 Å². The van der Waals surface area contributed by atoms with Gasteiger partial charge in [-0.2, -0.15) is 5.26 Å². The quantitative estimate of drug-likeness (QED) is 0.558. The van der Waals surface area contributed by atoms with Crippen molar-refractivity contribution in [1.29, 1.82) is 5.26 Å². The molecule has 0 N–H and O–H groups in total. The summed E-state index contributed by atoms with van der Waals surface area (Å²) in [6.07, 6.45) is 0. The number of nitrogens with zero attached hydrogens (tertiary/aromatic N) is 4. The molecule has 4 aromatic rings. The highest BCUT2D eigenvalue weighted by Crippen LogP contribution is 2.27. The lowest BCUT2D eigenvalue weighted by Gasteiger charge is -2.01. The zero-order valence-electron chi connectivity index (χ0n) is 11.8. The Hall–Kier alpha value is -3.04. The molecule has 23 heavy (non-hydrogen) atoms. The highest BCUT2D eigenvalue weighted by atomic mass is 32.1. The van der Waals surface area contributed by atoms with Crippen molar-refractivity contribution in [3.63, 3.8) is 0 Å². The molecule has 0 saturated carbocycles. The summed E-state index contributed by atoms with van der Waals surface area (Å²) in [6.45, 7) is 0. The number of benzene rings is 1. The number of rotatable bonds is 2. The van der Waals surface area contributed by atoms with Crippen LogP contribution in [0.25, 0.3) is 27.6 Å². The Morgan fingerprint density at radius 3 is 2.61 bits per heavy atom. The van der Waals surface area contributed by atoms with Crippen molar-refractivity contribution >= 4 is 17.0 Å². The molecule has 110 valence electrons. The van der Waals surface area contributed by atoms with Crippen LogP contribution in [0.4, 0.5) is 4.39 Å². The van der Waals surface area contributed by atoms with Crippen LogP contribution in [0.5, 0.6) is 0 Å². The van der Waals surface area contributed by atoms with Gasteiger partial charge in [0.1, 0.15) is 11.9 Å². The van der Waals surface area contributed by atoms with Crippen molar-refractivity contribution in [2.45, 2.75) is 0 Å². The van der Waals surface area contributed by atoms with Crippen LogP contribution >= 0.6 is 11.3 Å². The van der Waals surface area contributed by atoms with Gasteiger partial charge < -0.3 is 0 Å². The molecule has 0 saturated heterocycles. The summed E-state index contributed by atoms with van der Waals surface area (Å²) in [5.41, 5.74) is 2.52. The van der Waals surface area contributed by atoms with Gasteiger partial charge in [0, 0.05) is 5.56 Å². The number of halogens is 1. The van der Waals surface area contributed by atoms with Gasteiger partial charge in [0.25, 0.3) is 0 Å². The zero-order chi connectivity index (χ0) is 15.8. The van der Waals surface area contributed by atoms with Crippen LogP contribution in [0.1, 0.15) is 5.56 Å². The third-order valence-electron chi connectivity index (χ3n) is 3.48. The number of thiophene rings is 1. The molecule has 0 aliphatic heterocycles. The summed E-state index contributed by atoms with van der Waals surface area (Å²) < 4.78 is 14.8. The molecule has 0 atom stereocenters. The van der Waals surface area contributed by atoms with Gasteiger partial charge in [-0.15, -0.1) is 16.4 Å². The van der Waals surface area contributed by atoms with E-state index in [1.54, 1.807) is 34.1 Å². The molecule has 4 rings (SSSR count). The molecule has 6 heteroatoms. The Bertz CT molecular complexity index is 1030. The predicted molar refractivity (Wildman–Crippen MR) is 86.4 cm³/mol. The highest BCUT2D eigenvalue weighted by Gasteiger charge is 2.14. The van der Waals surface area contributed by atoms with Crippen LogP contribution in [-0.2, 0) is 0 Å². The molecule has 1 aromatic carbocycles. The van der Waals surface area contributed by atoms with Crippen molar-refractivity contribution in [1.82, 2.24) is 14.6 Å². The van der Waals surface area contributed by atoms with Gasteiger partial charge in [-0.25, -0.2) is 13.9 Å². The van der Waals surface area contributed by atoms with Gasteiger partial charge in [-0.1, -0.05) is 6.07 Å². The van der Waals surface area contributed by atoms with Crippen molar-refractivity contribution in [3.05, 3.63) is 65.3 Å². The molecule has 0 spiro atoms. The molecular weight excluding hydrogens is 311 g/mol. The van der Waals surface area contributed by atoms with E-state index in [4.69, 9.17) is 0 Å². The standard InChI is InChI=1S/C17H9FN4S/c18-13-6-3-11(4-7-13)16-20-17-12(10-19)5-8-14(22(17)21-16)15-2-1-9-23-15/h1-9H.